The summed E-state index contributed by atoms with van der Waals surface area (Å²) in [5.41, 5.74) is 1.13. The minimum absolute atomic E-state index is 0.0235. The van der Waals surface area contributed by atoms with Gasteiger partial charge in [-0.05, 0) is 24.1 Å². The molecule has 1 fully saturated rings. The van der Waals surface area contributed by atoms with E-state index in [1.165, 1.54) is 16.4 Å². The van der Waals surface area contributed by atoms with E-state index >= 15 is 0 Å². The van der Waals surface area contributed by atoms with Gasteiger partial charge >= 0.3 is 0 Å². The Morgan fingerprint density at radius 1 is 1.03 bits per heavy atom. The fraction of sp³-hybridized carbons (Fsp3) is 0.364. The van der Waals surface area contributed by atoms with Crippen LogP contribution < -0.4 is 0 Å². The summed E-state index contributed by atoms with van der Waals surface area (Å²) in [5, 5.41) is 9.23. The van der Waals surface area contributed by atoms with Gasteiger partial charge in [-0.3, -0.25) is 4.79 Å². The Bertz CT molecular complexity index is 991. The molecule has 0 N–H and O–H groups in total. The smallest absolute Gasteiger partial charge is 0.244 e. The molecule has 1 amide bonds. The van der Waals surface area contributed by atoms with Crippen molar-refractivity contribution < 1.29 is 13.2 Å². The second kappa shape index (κ2) is 9.21. The van der Waals surface area contributed by atoms with Crippen molar-refractivity contribution >= 4 is 15.9 Å². The highest BCUT2D eigenvalue weighted by atomic mass is 32.2. The van der Waals surface area contributed by atoms with Crippen LogP contribution in [-0.4, -0.2) is 49.7 Å². The second-order valence-corrected chi connectivity index (χ2v) is 9.00. The summed E-state index contributed by atoms with van der Waals surface area (Å²) in [6.45, 7) is 3.20. The predicted molar refractivity (Wildman–Crippen MR) is 111 cm³/mol. The van der Waals surface area contributed by atoms with Gasteiger partial charge < -0.3 is 4.90 Å². The van der Waals surface area contributed by atoms with Crippen molar-refractivity contribution in [3.8, 4) is 6.07 Å². The molecule has 0 aromatic heterocycles. The normalized spacial score (nSPS) is 16.2. The first kappa shape index (κ1) is 21.0. The number of carbonyl (C=O) groups is 1. The van der Waals surface area contributed by atoms with Crippen LogP contribution in [0.15, 0.2) is 59.5 Å². The lowest BCUT2D eigenvalue weighted by Crippen LogP contribution is -2.51. The number of rotatable bonds is 6. The van der Waals surface area contributed by atoms with E-state index in [2.05, 4.69) is 6.92 Å². The molecule has 2 aromatic carbocycles. The van der Waals surface area contributed by atoms with E-state index in [-0.39, 0.29) is 35.4 Å². The van der Waals surface area contributed by atoms with Crippen molar-refractivity contribution in [2.24, 2.45) is 0 Å². The Morgan fingerprint density at radius 2 is 1.66 bits per heavy atom. The van der Waals surface area contributed by atoms with Crippen LogP contribution in [0, 0.1) is 11.3 Å². The first-order valence-electron chi connectivity index (χ1n) is 9.82. The van der Waals surface area contributed by atoms with Crippen molar-refractivity contribution in [3.05, 3.63) is 65.7 Å². The lowest BCUT2D eigenvalue weighted by molar-refractivity contribution is -0.134. The van der Waals surface area contributed by atoms with Crippen LogP contribution in [-0.2, 0) is 14.8 Å². The van der Waals surface area contributed by atoms with E-state index in [0.717, 1.165) is 18.4 Å². The second-order valence-electron chi connectivity index (χ2n) is 7.09. The quantitative estimate of drug-likeness (QED) is 0.732. The van der Waals surface area contributed by atoms with Gasteiger partial charge in [0.1, 0.15) is 6.07 Å². The van der Waals surface area contributed by atoms with E-state index in [1.807, 2.05) is 36.4 Å². The van der Waals surface area contributed by atoms with Crippen LogP contribution in [0.25, 0.3) is 0 Å². The SMILES string of the molecule is CCCC(C(=O)N1CCN(S(=O)(=O)c2ccccc2C#N)CC1)c1ccccc1. The fourth-order valence-corrected chi connectivity index (χ4v) is 5.26. The van der Waals surface area contributed by atoms with Gasteiger partial charge in [-0.1, -0.05) is 55.8 Å². The van der Waals surface area contributed by atoms with Crippen molar-refractivity contribution in [2.45, 2.75) is 30.6 Å². The molecule has 2 aromatic rings. The first-order valence-corrected chi connectivity index (χ1v) is 11.3. The van der Waals surface area contributed by atoms with Gasteiger partial charge in [0, 0.05) is 26.2 Å². The highest BCUT2D eigenvalue weighted by Crippen LogP contribution is 2.26. The molecule has 1 aliphatic heterocycles. The molecule has 6 nitrogen and oxygen atoms in total. The number of sulfonamides is 1. The molecule has 0 saturated carbocycles. The summed E-state index contributed by atoms with van der Waals surface area (Å²) in [6, 6.07) is 17.9. The van der Waals surface area contributed by atoms with E-state index in [1.54, 1.807) is 17.0 Å². The van der Waals surface area contributed by atoms with Gasteiger partial charge in [0.05, 0.1) is 16.4 Å². The minimum Gasteiger partial charge on any atom is -0.340 e. The van der Waals surface area contributed by atoms with Gasteiger partial charge in [-0.2, -0.15) is 9.57 Å². The molecule has 152 valence electrons. The van der Waals surface area contributed by atoms with Crippen LogP contribution >= 0.6 is 0 Å². The largest absolute Gasteiger partial charge is 0.340 e. The average molecular weight is 412 g/mol. The van der Waals surface area contributed by atoms with Gasteiger partial charge in [0.2, 0.25) is 15.9 Å². The summed E-state index contributed by atoms with van der Waals surface area (Å²) in [5.74, 6) is -0.156. The lowest BCUT2D eigenvalue weighted by atomic mass is 9.93. The Kier molecular flexibility index (Phi) is 6.68. The molecule has 1 aliphatic rings. The Labute approximate surface area is 172 Å². The third-order valence-corrected chi connectivity index (χ3v) is 7.21. The maximum Gasteiger partial charge on any atom is 0.244 e. The van der Waals surface area contributed by atoms with Crippen molar-refractivity contribution in [1.82, 2.24) is 9.21 Å². The van der Waals surface area contributed by atoms with E-state index < -0.39 is 10.0 Å². The van der Waals surface area contributed by atoms with Crippen molar-refractivity contribution in [2.75, 3.05) is 26.2 Å². The van der Waals surface area contributed by atoms with Gasteiger partial charge in [-0.15, -0.1) is 0 Å². The predicted octanol–water partition coefficient (Wildman–Crippen LogP) is 2.98. The Morgan fingerprint density at radius 3 is 2.28 bits per heavy atom. The molecule has 3 rings (SSSR count). The van der Waals surface area contributed by atoms with Gasteiger partial charge in [-0.25, -0.2) is 8.42 Å². The molecule has 0 spiro atoms. The van der Waals surface area contributed by atoms with Crippen molar-refractivity contribution in [3.63, 3.8) is 0 Å². The number of carbonyl (C=O) groups excluding carboxylic acids is 1. The number of hydrogen-bond donors (Lipinski definition) is 0. The number of nitriles is 1. The first-order chi connectivity index (χ1) is 14.0. The third-order valence-electron chi connectivity index (χ3n) is 5.25. The average Bonchev–Trinajstić information content (AvgIpc) is 2.77. The molecule has 1 heterocycles. The molecular formula is C22H25N3O3S. The third kappa shape index (κ3) is 4.50. The summed E-state index contributed by atoms with van der Waals surface area (Å²) in [7, 11) is -3.76. The van der Waals surface area contributed by atoms with Crippen LogP contribution in [0.4, 0.5) is 0 Å². The number of hydrogen-bond acceptors (Lipinski definition) is 4. The summed E-state index contributed by atoms with van der Waals surface area (Å²) in [4.78, 5) is 14.9. The zero-order valence-electron chi connectivity index (χ0n) is 16.5. The summed E-state index contributed by atoms with van der Waals surface area (Å²) >= 11 is 0. The maximum absolute atomic E-state index is 13.1. The van der Waals surface area contributed by atoms with Crippen LogP contribution in [0.5, 0.6) is 0 Å². The number of nitrogens with zero attached hydrogens (tertiary/aromatic N) is 3. The number of benzene rings is 2. The highest BCUT2D eigenvalue weighted by molar-refractivity contribution is 7.89. The van der Waals surface area contributed by atoms with Crippen molar-refractivity contribution in [1.29, 1.82) is 5.26 Å². The highest BCUT2D eigenvalue weighted by Gasteiger charge is 2.33. The molecule has 29 heavy (non-hydrogen) atoms. The van der Waals surface area contributed by atoms with Crippen LogP contribution in [0.3, 0.4) is 0 Å². The molecule has 1 saturated heterocycles. The monoisotopic (exact) mass is 411 g/mol. The standard InChI is InChI=1S/C22H25N3O3S/c1-2-8-20(18-9-4-3-5-10-18)22(26)24-13-15-25(16-14-24)29(27,28)21-12-7-6-11-19(21)17-23/h3-7,9-12,20H,2,8,13-16H2,1H3. The fourth-order valence-electron chi connectivity index (χ4n) is 3.70. The zero-order valence-corrected chi connectivity index (χ0v) is 17.3. The maximum atomic E-state index is 13.1. The Hall–Kier alpha value is -2.69. The molecule has 0 bridgehead atoms. The van der Waals surface area contributed by atoms with E-state index in [9.17, 15) is 18.5 Å². The molecular weight excluding hydrogens is 386 g/mol. The van der Waals surface area contributed by atoms with Gasteiger partial charge in [0.25, 0.3) is 0 Å². The van der Waals surface area contributed by atoms with Gasteiger partial charge in [0.15, 0.2) is 0 Å². The van der Waals surface area contributed by atoms with E-state index in [4.69, 9.17) is 0 Å². The summed E-state index contributed by atoms with van der Waals surface area (Å²) in [6.07, 6.45) is 1.65. The Balaban J connectivity index is 1.73. The van der Waals surface area contributed by atoms with E-state index in [0.29, 0.717) is 13.1 Å². The van der Waals surface area contributed by atoms with Crippen LogP contribution in [0.2, 0.25) is 0 Å². The minimum atomic E-state index is -3.76. The molecule has 7 heteroatoms. The summed E-state index contributed by atoms with van der Waals surface area (Å²) < 4.78 is 27.3. The van der Waals surface area contributed by atoms with Crippen LogP contribution in [0.1, 0.15) is 36.8 Å². The topological polar surface area (TPSA) is 81.5 Å². The molecule has 0 radical (unpaired) electrons. The molecule has 1 unspecified atom stereocenters. The lowest BCUT2D eigenvalue weighted by Gasteiger charge is -2.36. The molecule has 0 aliphatic carbocycles. The number of amides is 1. The molecule has 1 atom stereocenters. The zero-order chi connectivity index (χ0) is 20.9. The number of piperazine rings is 1.